The summed E-state index contributed by atoms with van der Waals surface area (Å²) in [4.78, 5) is 0. The Morgan fingerprint density at radius 3 is 2.43 bits per heavy atom. The van der Waals surface area contributed by atoms with E-state index in [1.54, 1.807) is 13.2 Å². The highest BCUT2D eigenvalue weighted by atomic mass is 35.5. The highest BCUT2D eigenvalue weighted by Crippen LogP contribution is 2.43. The van der Waals surface area contributed by atoms with Crippen molar-refractivity contribution in [2.24, 2.45) is 0 Å². The Labute approximate surface area is 133 Å². The van der Waals surface area contributed by atoms with Crippen molar-refractivity contribution in [1.29, 1.82) is 0 Å². The minimum absolute atomic E-state index is 0.426. The van der Waals surface area contributed by atoms with E-state index in [1.807, 2.05) is 30.3 Å². The first-order chi connectivity index (χ1) is 10.2. The summed E-state index contributed by atoms with van der Waals surface area (Å²) in [6, 6.07) is 11.2. The van der Waals surface area contributed by atoms with Crippen LogP contribution in [0.1, 0.15) is 16.5 Å². The van der Waals surface area contributed by atoms with Crippen molar-refractivity contribution >= 4 is 23.2 Å². The summed E-state index contributed by atoms with van der Waals surface area (Å²) in [7, 11) is 1.62. The van der Waals surface area contributed by atoms with Crippen LogP contribution in [0.4, 0.5) is 0 Å². The van der Waals surface area contributed by atoms with E-state index in [4.69, 9.17) is 37.4 Å². The van der Waals surface area contributed by atoms with Gasteiger partial charge in [-0.25, -0.2) is 0 Å². The van der Waals surface area contributed by atoms with Crippen molar-refractivity contribution in [3.63, 3.8) is 0 Å². The van der Waals surface area contributed by atoms with Gasteiger partial charge >= 0.3 is 0 Å². The van der Waals surface area contributed by atoms with Gasteiger partial charge in [-0.1, -0.05) is 29.8 Å². The highest BCUT2D eigenvalue weighted by molar-refractivity contribution is 6.33. The van der Waals surface area contributed by atoms with Crippen molar-refractivity contribution in [2.75, 3.05) is 20.3 Å². The summed E-state index contributed by atoms with van der Waals surface area (Å²) in [5.41, 5.74) is 1.63. The predicted octanol–water partition coefficient (Wildman–Crippen LogP) is 4.45. The van der Waals surface area contributed by atoms with Crippen LogP contribution in [0.15, 0.2) is 36.4 Å². The largest absolute Gasteiger partial charge is 0.496 e. The monoisotopic (exact) mass is 324 g/mol. The maximum Gasteiger partial charge on any atom is 0.162 e. The van der Waals surface area contributed by atoms with Crippen molar-refractivity contribution in [3.05, 3.63) is 52.5 Å². The fourth-order valence-corrected chi connectivity index (χ4v) is 3.00. The van der Waals surface area contributed by atoms with Crippen LogP contribution in [0.3, 0.4) is 0 Å². The normalized spacial score (nSPS) is 14.6. The molecule has 0 amide bonds. The summed E-state index contributed by atoms with van der Waals surface area (Å²) >= 11 is 12.9. The molecular formula is C16H14Cl2O3. The molecule has 110 valence electrons. The van der Waals surface area contributed by atoms with Crippen LogP contribution in [-0.2, 0) is 0 Å². The second-order valence-corrected chi connectivity index (χ2v) is 5.47. The minimum Gasteiger partial charge on any atom is -0.496 e. The number of ether oxygens (including phenoxy) is 3. The van der Waals surface area contributed by atoms with Crippen LogP contribution in [0, 0.1) is 0 Å². The molecule has 1 unspecified atom stereocenters. The van der Waals surface area contributed by atoms with Crippen molar-refractivity contribution < 1.29 is 14.2 Å². The molecular weight excluding hydrogens is 311 g/mol. The first kappa shape index (κ1) is 14.4. The van der Waals surface area contributed by atoms with Crippen LogP contribution >= 0.6 is 23.2 Å². The van der Waals surface area contributed by atoms with Crippen LogP contribution in [0.5, 0.6) is 17.2 Å². The fourth-order valence-electron chi connectivity index (χ4n) is 2.32. The maximum atomic E-state index is 6.60. The topological polar surface area (TPSA) is 27.7 Å². The van der Waals surface area contributed by atoms with Crippen molar-refractivity contribution in [2.45, 2.75) is 5.38 Å². The van der Waals surface area contributed by atoms with Crippen LogP contribution in [0.25, 0.3) is 0 Å². The quantitative estimate of drug-likeness (QED) is 0.781. The first-order valence-electron chi connectivity index (χ1n) is 6.56. The van der Waals surface area contributed by atoms with E-state index in [1.165, 1.54) is 0 Å². The summed E-state index contributed by atoms with van der Waals surface area (Å²) in [5, 5.41) is 0.120. The lowest BCUT2D eigenvalue weighted by Gasteiger charge is -2.22. The van der Waals surface area contributed by atoms with Gasteiger partial charge in [0.15, 0.2) is 11.5 Å². The van der Waals surface area contributed by atoms with Gasteiger partial charge in [0, 0.05) is 16.7 Å². The molecule has 0 aliphatic carbocycles. The highest BCUT2D eigenvalue weighted by Gasteiger charge is 2.22. The molecule has 3 rings (SSSR count). The Kier molecular flexibility index (Phi) is 4.13. The third-order valence-corrected chi connectivity index (χ3v) is 4.14. The molecule has 0 N–H and O–H groups in total. The molecule has 2 aromatic carbocycles. The standard InChI is InChI=1S/C16H14Cl2O3/c1-19-13-5-3-2-4-10(13)16(18)11-8-14-15(9-12(11)17)21-7-6-20-14/h2-5,8-9,16H,6-7H2,1H3. The third kappa shape index (κ3) is 2.76. The molecule has 1 heterocycles. The van der Waals surface area contributed by atoms with Gasteiger partial charge in [-0.3, -0.25) is 0 Å². The molecule has 0 saturated carbocycles. The Bertz CT molecular complexity index is 658. The lowest BCUT2D eigenvalue weighted by atomic mass is 10.0. The van der Waals surface area contributed by atoms with Gasteiger partial charge in [-0.05, 0) is 17.7 Å². The second-order valence-electron chi connectivity index (χ2n) is 4.62. The average molecular weight is 325 g/mol. The number of para-hydroxylation sites is 1. The number of fused-ring (bicyclic) bond motifs is 1. The van der Waals surface area contributed by atoms with Crippen molar-refractivity contribution in [3.8, 4) is 17.2 Å². The SMILES string of the molecule is COc1ccccc1C(Cl)c1cc2c(cc1Cl)OCCO2. The van der Waals surface area contributed by atoms with Crippen LogP contribution in [-0.4, -0.2) is 20.3 Å². The Morgan fingerprint density at radius 1 is 1.05 bits per heavy atom. The van der Waals surface area contributed by atoms with Gasteiger partial charge < -0.3 is 14.2 Å². The van der Waals surface area contributed by atoms with Gasteiger partial charge in [-0.15, -0.1) is 11.6 Å². The number of halogens is 2. The van der Waals surface area contributed by atoms with E-state index in [2.05, 4.69) is 0 Å². The van der Waals surface area contributed by atoms with Gasteiger partial charge in [-0.2, -0.15) is 0 Å². The predicted molar refractivity (Wildman–Crippen MR) is 83.1 cm³/mol. The molecule has 3 nitrogen and oxygen atoms in total. The van der Waals surface area contributed by atoms with E-state index in [0.29, 0.717) is 29.7 Å². The molecule has 0 radical (unpaired) electrons. The molecule has 1 aliphatic heterocycles. The Balaban J connectivity index is 2.03. The second kappa shape index (κ2) is 6.04. The zero-order valence-corrected chi connectivity index (χ0v) is 12.9. The zero-order chi connectivity index (χ0) is 14.8. The molecule has 0 saturated heterocycles. The molecule has 21 heavy (non-hydrogen) atoms. The van der Waals surface area contributed by atoms with Gasteiger partial charge in [0.25, 0.3) is 0 Å². The molecule has 0 aromatic heterocycles. The lowest BCUT2D eigenvalue weighted by Crippen LogP contribution is -2.15. The number of rotatable bonds is 3. The average Bonchev–Trinajstić information content (AvgIpc) is 2.53. The van der Waals surface area contributed by atoms with E-state index in [-0.39, 0.29) is 0 Å². The van der Waals surface area contributed by atoms with Gasteiger partial charge in [0.1, 0.15) is 19.0 Å². The van der Waals surface area contributed by atoms with Crippen LogP contribution < -0.4 is 14.2 Å². The van der Waals surface area contributed by atoms with Gasteiger partial charge in [0.2, 0.25) is 0 Å². The van der Waals surface area contributed by atoms with E-state index < -0.39 is 5.38 Å². The fraction of sp³-hybridized carbons (Fsp3) is 0.250. The number of hydrogen-bond donors (Lipinski definition) is 0. The van der Waals surface area contributed by atoms with E-state index in [0.717, 1.165) is 16.9 Å². The third-order valence-electron chi connectivity index (χ3n) is 3.35. The summed E-state index contributed by atoms with van der Waals surface area (Å²) in [6.07, 6.45) is 0. The molecule has 5 heteroatoms. The van der Waals surface area contributed by atoms with Crippen LogP contribution in [0.2, 0.25) is 5.02 Å². The number of benzene rings is 2. The summed E-state index contributed by atoms with van der Waals surface area (Å²) in [6.45, 7) is 1.05. The molecule has 0 spiro atoms. The van der Waals surface area contributed by atoms with Gasteiger partial charge in [0.05, 0.1) is 12.5 Å². The molecule has 2 aromatic rings. The molecule has 1 aliphatic rings. The number of alkyl halides is 1. The Morgan fingerprint density at radius 2 is 1.71 bits per heavy atom. The lowest BCUT2D eigenvalue weighted by molar-refractivity contribution is 0.171. The molecule has 0 bridgehead atoms. The Hall–Kier alpha value is -1.58. The van der Waals surface area contributed by atoms with E-state index in [9.17, 15) is 0 Å². The molecule has 1 atom stereocenters. The molecule has 0 fully saturated rings. The van der Waals surface area contributed by atoms with E-state index >= 15 is 0 Å². The zero-order valence-electron chi connectivity index (χ0n) is 11.4. The first-order valence-corrected chi connectivity index (χ1v) is 7.38. The summed E-state index contributed by atoms with van der Waals surface area (Å²) in [5.74, 6) is 2.04. The number of hydrogen-bond acceptors (Lipinski definition) is 3. The maximum absolute atomic E-state index is 6.60. The van der Waals surface area contributed by atoms with Crippen molar-refractivity contribution in [1.82, 2.24) is 0 Å². The smallest absolute Gasteiger partial charge is 0.162 e. The minimum atomic E-state index is -0.426. The number of methoxy groups -OCH3 is 1. The summed E-state index contributed by atoms with van der Waals surface area (Å²) < 4.78 is 16.5.